The molecule has 1 N–H and O–H groups in total. The van der Waals surface area contributed by atoms with Crippen molar-refractivity contribution in [3.63, 3.8) is 0 Å². The predicted octanol–water partition coefficient (Wildman–Crippen LogP) is 3.01. The highest BCUT2D eigenvalue weighted by molar-refractivity contribution is 4.94. The SMILES string of the molecule is C=CC(C)(CCOCCCOC)CNC(C)(C)C. The van der Waals surface area contributed by atoms with E-state index < -0.39 is 0 Å². The first kappa shape index (κ1) is 17.6. The fourth-order valence-electron chi connectivity index (χ4n) is 1.44. The summed E-state index contributed by atoms with van der Waals surface area (Å²) in [6.45, 7) is 15.9. The third kappa shape index (κ3) is 9.63. The Morgan fingerprint density at radius 2 is 1.78 bits per heavy atom. The maximum atomic E-state index is 5.61. The normalized spacial score (nSPS) is 15.4. The lowest BCUT2D eigenvalue weighted by atomic mass is 9.86. The number of hydrogen-bond donors (Lipinski definition) is 1. The minimum atomic E-state index is 0.0918. The van der Waals surface area contributed by atoms with Gasteiger partial charge >= 0.3 is 0 Å². The first-order valence-corrected chi connectivity index (χ1v) is 6.78. The highest BCUT2D eigenvalue weighted by Crippen LogP contribution is 2.22. The molecule has 0 spiro atoms. The van der Waals surface area contributed by atoms with Crippen molar-refractivity contribution in [2.75, 3.05) is 33.5 Å². The average molecular weight is 257 g/mol. The van der Waals surface area contributed by atoms with Gasteiger partial charge in [0.1, 0.15) is 0 Å². The maximum Gasteiger partial charge on any atom is 0.0487 e. The predicted molar refractivity (Wildman–Crippen MR) is 78.0 cm³/mol. The third-order valence-electron chi connectivity index (χ3n) is 2.97. The zero-order valence-electron chi connectivity index (χ0n) is 12.8. The van der Waals surface area contributed by atoms with Crippen LogP contribution in [0.15, 0.2) is 12.7 Å². The molecule has 0 aliphatic rings. The summed E-state index contributed by atoms with van der Waals surface area (Å²) in [6, 6.07) is 0. The van der Waals surface area contributed by atoms with Crippen LogP contribution in [0.3, 0.4) is 0 Å². The molecule has 108 valence electrons. The van der Waals surface area contributed by atoms with Crippen LogP contribution >= 0.6 is 0 Å². The van der Waals surface area contributed by atoms with Gasteiger partial charge in [0.25, 0.3) is 0 Å². The van der Waals surface area contributed by atoms with E-state index in [2.05, 4.69) is 39.6 Å². The van der Waals surface area contributed by atoms with Crippen molar-refractivity contribution in [2.45, 2.75) is 46.1 Å². The monoisotopic (exact) mass is 257 g/mol. The number of nitrogens with one attached hydrogen (secondary N) is 1. The number of hydrogen-bond acceptors (Lipinski definition) is 3. The van der Waals surface area contributed by atoms with E-state index in [1.807, 2.05) is 6.08 Å². The summed E-state index contributed by atoms with van der Waals surface area (Å²) in [4.78, 5) is 0. The molecule has 0 bridgehead atoms. The van der Waals surface area contributed by atoms with Crippen molar-refractivity contribution in [3.8, 4) is 0 Å². The van der Waals surface area contributed by atoms with Gasteiger partial charge in [0.2, 0.25) is 0 Å². The van der Waals surface area contributed by atoms with Gasteiger partial charge in [-0.3, -0.25) is 0 Å². The number of ether oxygens (including phenoxy) is 2. The van der Waals surface area contributed by atoms with Gasteiger partial charge in [-0.15, -0.1) is 6.58 Å². The molecule has 0 aliphatic carbocycles. The molecule has 0 rings (SSSR count). The van der Waals surface area contributed by atoms with E-state index in [1.165, 1.54) is 0 Å². The molecule has 0 aromatic rings. The van der Waals surface area contributed by atoms with Gasteiger partial charge in [-0.1, -0.05) is 13.0 Å². The van der Waals surface area contributed by atoms with E-state index in [0.717, 1.165) is 39.2 Å². The topological polar surface area (TPSA) is 30.5 Å². The first-order chi connectivity index (χ1) is 8.33. The molecule has 3 nitrogen and oxygen atoms in total. The Hall–Kier alpha value is -0.380. The summed E-state index contributed by atoms with van der Waals surface area (Å²) in [7, 11) is 1.72. The Kier molecular flexibility index (Phi) is 8.49. The average Bonchev–Trinajstić information content (AvgIpc) is 2.30. The lowest BCUT2D eigenvalue weighted by molar-refractivity contribution is 0.0863. The fraction of sp³-hybridized carbons (Fsp3) is 0.867. The summed E-state index contributed by atoms with van der Waals surface area (Å²) in [5.74, 6) is 0. The second-order valence-electron chi connectivity index (χ2n) is 6.17. The molecule has 0 saturated heterocycles. The molecule has 0 saturated carbocycles. The molecule has 0 aliphatic heterocycles. The summed E-state index contributed by atoms with van der Waals surface area (Å²) in [6.07, 6.45) is 3.98. The highest BCUT2D eigenvalue weighted by Gasteiger charge is 2.22. The van der Waals surface area contributed by atoms with E-state index in [4.69, 9.17) is 9.47 Å². The molecule has 1 atom stereocenters. The smallest absolute Gasteiger partial charge is 0.0487 e. The van der Waals surface area contributed by atoms with Crippen molar-refractivity contribution >= 4 is 0 Å². The van der Waals surface area contributed by atoms with Gasteiger partial charge in [-0.2, -0.15) is 0 Å². The Morgan fingerprint density at radius 1 is 1.11 bits per heavy atom. The van der Waals surface area contributed by atoms with Crippen LogP contribution in [0.25, 0.3) is 0 Å². The lowest BCUT2D eigenvalue weighted by Gasteiger charge is -2.31. The molecule has 3 heteroatoms. The van der Waals surface area contributed by atoms with Gasteiger partial charge in [-0.25, -0.2) is 0 Å². The largest absolute Gasteiger partial charge is 0.385 e. The molecule has 0 fully saturated rings. The zero-order chi connectivity index (χ0) is 14.1. The Balaban J connectivity index is 3.82. The van der Waals surface area contributed by atoms with Crippen LogP contribution in [-0.4, -0.2) is 39.0 Å². The quantitative estimate of drug-likeness (QED) is 0.482. The lowest BCUT2D eigenvalue weighted by Crippen LogP contribution is -2.42. The van der Waals surface area contributed by atoms with Crippen LogP contribution in [0.1, 0.15) is 40.5 Å². The van der Waals surface area contributed by atoms with Gasteiger partial charge in [-0.05, 0) is 39.0 Å². The molecular formula is C15H31NO2. The second kappa shape index (κ2) is 8.68. The van der Waals surface area contributed by atoms with Crippen LogP contribution in [0, 0.1) is 5.41 Å². The molecular weight excluding hydrogens is 226 g/mol. The maximum absolute atomic E-state index is 5.61. The summed E-state index contributed by atoms with van der Waals surface area (Å²) in [5, 5.41) is 3.53. The van der Waals surface area contributed by atoms with Crippen molar-refractivity contribution in [1.29, 1.82) is 0 Å². The summed E-state index contributed by atoms with van der Waals surface area (Å²) in [5.41, 5.74) is 0.234. The van der Waals surface area contributed by atoms with E-state index >= 15 is 0 Å². The van der Waals surface area contributed by atoms with Crippen LogP contribution < -0.4 is 5.32 Å². The van der Waals surface area contributed by atoms with E-state index in [-0.39, 0.29) is 11.0 Å². The third-order valence-corrected chi connectivity index (χ3v) is 2.97. The molecule has 0 aromatic heterocycles. The van der Waals surface area contributed by atoms with Crippen LogP contribution in [0.2, 0.25) is 0 Å². The highest BCUT2D eigenvalue weighted by atomic mass is 16.5. The second-order valence-corrected chi connectivity index (χ2v) is 6.17. The van der Waals surface area contributed by atoms with Gasteiger partial charge < -0.3 is 14.8 Å². The number of methoxy groups -OCH3 is 1. The van der Waals surface area contributed by atoms with Gasteiger partial charge in [0, 0.05) is 39.0 Å². The van der Waals surface area contributed by atoms with Crippen molar-refractivity contribution in [1.82, 2.24) is 5.32 Å². The minimum Gasteiger partial charge on any atom is -0.385 e. The first-order valence-electron chi connectivity index (χ1n) is 6.78. The van der Waals surface area contributed by atoms with E-state index in [1.54, 1.807) is 7.11 Å². The van der Waals surface area contributed by atoms with Crippen LogP contribution in [-0.2, 0) is 9.47 Å². The molecule has 18 heavy (non-hydrogen) atoms. The van der Waals surface area contributed by atoms with E-state index in [9.17, 15) is 0 Å². The summed E-state index contributed by atoms with van der Waals surface area (Å²) >= 11 is 0. The van der Waals surface area contributed by atoms with Crippen molar-refractivity contribution in [3.05, 3.63) is 12.7 Å². The molecule has 0 aromatic carbocycles. The van der Waals surface area contributed by atoms with Crippen LogP contribution in [0.5, 0.6) is 0 Å². The van der Waals surface area contributed by atoms with Crippen molar-refractivity contribution in [2.24, 2.45) is 5.41 Å². The Bertz CT molecular complexity index is 223. The standard InChI is InChI=1S/C15H31NO2/c1-7-15(5,13-16-14(2,3)4)9-12-18-11-8-10-17-6/h7,16H,1,8-13H2,2-6H3. The summed E-state index contributed by atoms with van der Waals surface area (Å²) < 4.78 is 10.6. The van der Waals surface area contributed by atoms with Crippen molar-refractivity contribution < 1.29 is 9.47 Å². The fourth-order valence-corrected chi connectivity index (χ4v) is 1.44. The van der Waals surface area contributed by atoms with E-state index in [0.29, 0.717) is 0 Å². The van der Waals surface area contributed by atoms with Crippen LogP contribution in [0.4, 0.5) is 0 Å². The zero-order valence-corrected chi connectivity index (χ0v) is 12.8. The number of rotatable bonds is 10. The molecule has 0 heterocycles. The van der Waals surface area contributed by atoms with Gasteiger partial charge in [0.05, 0.1) is 0 Å². The molecule has 1 unspecified atom stereocenters. The molecule has 0 amide bonds. The minimum absolute atomic E-state index is 0.0918. The Labute approximate surface area is 113 Å². The molecule has 0 radical (unpaired) electrons. The Morgan fingerprint density at radius 3 is 2.28 bits per heavy atom. The van der Waals surface area contributed by atoms with Gasteiger partial charge in [0.15, 0.2) is 0 Å².